The summed E-state index contributed by atoms with van der Waals surface area (Å²) in [7, 11) is 0. The van der Waals surface area contributed by atoms with Gasteiger partial charge in [-0.1, -0.05) is 6.07 Å². The molecule has 4 rings (SSSR count). The molecule has 0 unspecified atom stereocenters. The molecule has 1 saturated heterocycles. The topological polar surface area (TPSA) is 98.1 Å². The third-order valence-corrected chi connectivity index (χ3v) is 5.26. The highest BCUT2D eigenvalue weighted by atomic mass is 16.2. The number of Topliss-reactive ketones (excluding diaryl/α,β-unsaturated/α-hetero) is 1. The number of hydrogen-bond acceptors (Lipinski definition) is 6. The summed E-state index contributed by atoms with van der Waals surface area (Å²) < 4.78 is 1.55. The van der Waals surface area contributed by atoms with Crippen LogP contribution in [-0.2, 0) is 16.1 Å². The molecule has 8 heteroatoms. The number of carbonyl (C=O) groups is 3. The Morgan fingerprint density at radius 1 is 1.21 bits per heavy atom. The third kappa shape index (κ3) is 3.53. The van der Waals surface area contributed by atoms with Crippen LogP contribution < -0.4 is 0 Å². The van der Waals surface area contributed by atoms with Gasteiger partial charge in [0.2, 0.25) is 5.91 Å². The molecular formula is C21H21N5O3. The van der Waals surface area contributed by atoms with Crippen LogP contribution in [0, 0.1) is 6.92 Å². The first-order chi connectivity index (χ1) is 14.0. The number of aldehydes is 1. The van der Waals surface area contributed by atoms with Crippen molar-refractivity contribution in [1.82, 2.24) is 24.6 Å². The Morgan fingerprint density at radius 3 is 2.66 bits per heavy atom. The van der Waals surface area contributed by atoms with Crippen molar-refractivity contribution >= 4 is 28.9 Å². The fraction of sp³-hybridized carbons (Fsp3) is 0.333. The number of aryl methyl sites for hydroxylation is 1. The lowest BCUT2D eigenvalue weighted by Gasteiger charge is -2.20. The molecule has 0 radical (unpaired) electrons. The maximum atomic E-state index is 12.7. The van der Waals surface area contributed by atoms with E-state index in [-0.39, 0.29) is 24.3 Å². The van der Waals surface area contributed by atoms with Gasteiger partial charge in [-0.3, -0.25) is 14.3 Å². The summed E-state index contributed by atoms with van der Waals surface area (Å²) in [5.74, 6) is 0.335. The summed E-state index contributed by atoms with van der Waals surface area (Å²) in [6.45, 7) is 3.83. The van der Waals surface area contributed by atoms with Gasteiger partial charge in [-0.2, -0.15) is 5.10 Å². The van der Waals surface area contributed by atoms with E-state index in [1.165, 1.54) is 6.92 Å². The van der Waals surface area contributed by atoms with E-state index in [0.717, 1.165) is 23.8 Å². The number of fused-ring (bicyclic) bond motifs is 1. The summed E-state index contributed by atoms with van der Waals surface area (Å²) in [5.41, 5.74) is 2.71. The van der Waals surface area contributed by atoms with Crippen LogP contribution >= 0.6 is 0 Å². The van der Waals surface area contributed by atoms with Gasteiger partial charge in [-0.05, 0) is 37.5 Å². The maximum Gasteiger partial charge on any atom is 0.244 e. The smallest absolute Gasteiger partial charge is 0.244 e. The van der Waals surface area contributed by atoms with Crippen molar-refractivity contribution in [1.29, 1.82) is 0 Å². The van der Waals surface area contributed by atoms with E-state index >= 15 is 0 Å². The first kappa shape index (κ1) is 18.9. The standard InChI is InChI=1S/C21H21N5O3/c1-13(28)21-18-8-15(16-9-22-14(2)23-10-16)5-6-19(18)26(24-21)11-20(29)25-7-3-4-17(25)12-27/h5-6,8-10,12,17H,3-4,7,11H2,1-2H3/t17-/m0/s1. The maximum absolute atomic E-state index is 12.7. The van der Waals surface area contributed by atoms with Crippen LogP contribution in [0.3, 0.4) is 0 Å². The molecule has 0 bridgehead atoms. The monoisotopic (exact) mass is 391 g/mol. The van der Waals surface area contributed by atoms with Gasteiger partial charge in [0.05, 0.1) is 11.6 Å². The fourth-order valence-corrected chi connectivity index (χ4v) is 3.74. The largest absolute Gasteiger partial charge is 0.331 e. The number of hydrogen-bond donors (Lipinski definition) is 0. The molecule has 0 spiro atoms. The zero-order chi connectivity index (χ0) is 20.5. The predicted molar refractivity (Wildman–Crippen MR) is 106 cm³/mol. The lowest BCUT2D eigenvalue weighted by molar-refractivity contribution is -0.135. The van der Waals surface area contributed by atoms with Crippen LogP contribution in [0.2, 0.25) is 0 Å². The first-order valence-electron chi connectivity index (χ1n) is 9.53. The van der Waals surface area contributed by atoms with E-state index in [9.17, 15) is 14.4 Å². The number of likely N-dealkylation sites (tertiary alicyclic amines) is 1. The van der Waals surface area contributed by atoms with Crippen molar-refractivity contribution in [2.45, 2.75) is 39.3 Å². The highest BCUT2D eigenvalue weighted by Crippen LogP contribution is 2.27. The molecule has 1 atom stereocenters. The Hall–Kier alpha value is -3.42. The molecule has 1 aromatic carbocycles. The molecule has 1 amide bonds. The lowest BCUT2D eigenvalue weighted by atomic mass is 10.0. The zero-order valence-corrected chi connectivity index (χ0v) is 16.3. The lowest BCUT2D eigenvalue weighted by Crippen LogP contribution is -2.38. The van der Waals surface area contributed by atoms with E-state index in [2.05, 4.69) is 15.1 Å². The molecule has 148 valence electrons. The van der Waals surface area contributed by atoms with Crippen molar-refractivity contribution in [3.05, 3.63) is 42.1 Å². The van der Waals surface area contributed by atoms with E-state index in [4.69, 9.17) is 0 Å². The van der Waals surface area contributed by atoms with Crippen molar-refractivity contribution in [2.24, 2.45) is 0 Å². The number of carbonyl (C=O) groups excluding carboxylic acids is 3. The van der Waals surface area contributed by atoms with Gasteiger partial charge in [0, 0.05) is 36.8 Å². The van der Waals surface area contributed by atoms with Gasteiger partial charge in [-0.15, -0.1) is 0 Å². The molecule has 0 N–H and O–H groups in total. The molecular weight excluding hydrogens is 370 g/mol. The second-order valence-corrected chi connectivity index (χ2v) is 7.25. The molecule has 3 heterocycles. The summed E-state index contributed by atoms with van der Waals surface area (Å²) in [5, 5.41) is 5.08. The third-order valence-electron chi connectivity index (χ3n) is 5.26. The number of benzene rings is 1. The highest BCUT2D eigenvalue weighted by molar-refractivity contribution is 6.06. The first-order valence-corrected chi connectivity index (χ1v) is 9.53. The Kier molecular flexibility index (Phi) is 4.92. The molecule has 0 aliphatic carbocycles. The van der Waals surface area contributed by atoms with Crippen LogP contribution in [0.1, 0.15) is 36.1 Å². The SMILES string of the molecule is CC(=O)c1nn(CC(=O)N2CCC[C@H]2C=O)c2ccc(-c3cnc(C)nc3)cc12. The van der Waals surface area contributed by atoms with Crippen LogP contribution in [0.25, 0.3) is 22.0 Å². The predicted octanol–water partition coefficient (Wildman–Crippen LogP) is 2.19. The Balaban J connectivity index is 1.72. The average molecular weight is 391 g/mol. The second-order valence-electron chi connectivity index (χ2n) is 7.25. The second kappa shape index (κ2) is 7.54. The average Bonchev–Trinajstić information content (AvgIpc) is 3.33. The summed E-state index contributed by atoms with van der Waals surface area (Å²) in [6.07, 6.45) is 5.80. The van der Waals surface area contributed by atoms with Crippen molar-refractivity contribution in [3.8, 4) is 11.1 Å². The van der Waals surface area contributed by atoms with Gasteiger partial charge < -0.3 is 9.69 Å². The van der Waals surface area contributed by atoms with Gasteiger partial charge in [0.1, 0.15) is 24.3 Å². The molecule has 8 nitrogen and oxygen atoms in total. The molecule has 29 heavy (non-hydrogen) atoms. The molecule has 3 aromatic rings. The number of rotatable bonds is 5. The summed E-state index contributed by atoms with van der Waals surface area (Å²) in [4.78, 5) is 46.1. The van der Waals surface area contributed by atoms with Gasteiger partial charge in [0.25, 0.3) is 0 Å². The van der Waals surface area contributed by atoms with Crippen LogP contribution in [0.4, 0.5) is 0 Å². The fourth-order valence-electron chi connectivity index (χ4n) is 3.74. The minimum absolute atomic E-state index is 0.0128. The molecule has 2 aromatic heterocycles. The van der Waals surface area contributed by atoms with Crippen LogP contribution in [-0.4, -0.2) is 55.2 Å². The number of nitrogens with zero attached hydrogens (tertiary/aromatic N) is 5. The Labute approximate surface area is 167 Å². The van der Waals surface area contributed by atoms with Crippen LogP contribution in [0.5, 0.6) is 0 Å². The van der Waals surface area contributed by atoms with Crippen LogP contribution in [0.15, 0.2) is 30.6 Å². The van der Waals surface area contributed by atoms with E-state index < -0.39 is 0 Å². The zero-order valence-electron chi connectivity index (χ0n) is 16.3. The van der Waals surface area contributed by atoms with Gasteiger partial charge in [0.15, 0.2) is 5.78 Å². The number of ketones is 1. The Bertz CT molecular complexity index is 1100. The highest BCUT2D eigenvalue weighted by Gasteiger charge is 2.29. The minimum Gasteiger partial charge on any atom is -0.331 e. The van der Waals surface area contributed by atoms with Crippen molar-refractivity contribution < 1.29 is 14.4 Å². The molecule has 0 saturated carbocycles. The van der Waals surface area contributed by atoms with Gasteiger partial charge >= 0.3 is 0 Å². The normalized spacial score (nSPS) is 16.3. The number of aromatic nitrogens is 4. The van der Waals surface area contributed by atoms with E-state index in [1.54, 1.807) is 22.0 Å². The van der Waals surface area contributed by atoms with E-state index in [1.807, 2.05) is 25.1 Å². The molecule has 1 fully saturated rings. The summed E-state index contributed by atoms with van der Waals surface area (Å²) in [6, 6.07) is 5.24. The molecule has 1 aliphatic heterocycles. The van der Waals surface area contributed by atoms with Crippen molar-refractivity contribution in [3.63, 3.8) is 0 Å². The van der Waals surface area contributed by atoms with E-state index in [0.29, 0.717) is 35.4 Å². The molecule has 1 aliphatic rings. The van der Waals surface area contributed by atoms with Crippen molar-refractivity contribution in [2.75, 3.05) is 6.54 Å². The van der Waals surface area contributed by atoms with Gasteiger partial charge in [-0.25, -0.2) is 9.97 Å². The quantitative estimate of drug-likeness (QED) is 0.488. The minimum atomic E-state index is -0.371. The number of amides is 1. The Morgan fingerprint density at radius 2 is 1.97 bits per heavy atom. The summed E-state index contributed by atoms with van der Waals surface area (Å²) >= 11 is 0.